The number of benzene rings is 2. The fourth-order valence-corrected chi connectivity index (χ4v) is 5.87. The SMILES string of the molecule is Cc1cc2cnn(PI)c2cc1C1C2C(=O)N(Cc3ccccc3)C(=O)C21. The van der Waals surface area contributed by atoms with Crippen molar-refractivity contribution in [3.63, 3.8) is 0 Å². The van der Waals surface area contributed by atoms with Gasteiger partial charge in [-0.3, -0.25) is 14.5 Å². The van der Waals surface area contributed by atoms with Gasteiger partial charge in [-0.1, -0.05) is 30.3 Å². The van der Waals surface area contributed by atoms with Crippen LogP contribution in [-0.2, 0) is 16.1 Å². The summed E-state index contributed by atoms with van der Waals surface area (Å²) in [6.07, 6.45) is 2.40. The summed E-state index contributed by atoms with van der Waals surface area (Å²) in [5, 5.41) is 5.52. The summed E-state index contributed by atoms with van der Waals surface area (Å²) < 4.78 is 1.97. The molecule has 0 N–H and O–H groups in total. The minimum Gasteiger partial charge on any atom is -0.278 e. The summed E-state index contributed by atoms with van der Waals surface area (Å²) in [6.45, 7) is 2.43. The molecule has 0 spiro atoms. The van der Waals surface area contributed by atoms with Gasteiger partial charge in [-0.2, -0.15) is 5.10 Å². The molecule has 7 heteroatoms. The van der Waals surface area contributed by atoms with E-state index in [0.29, 0.717) is 12.9 Å². The number of piperidine rings is 1. The van der Waals surface area contributed by atoms with Gasteiger partial charge < -0.3 is 0 Å². The van der Waals surface area contributed by atoms with Gasteiger partial charge in [0.1, 0.15) is 0 Å². The van der Waals surface area contributed by atoms with Gasteiger partial charge in [0.2, 0.25) is 11.8 Å². The lowest BCUT2D eigenvalue weighted by Crippen LogP contribution is -2.33. The summed E-state index contributed by atoms with van der Waals surface area (Å²) in [5.74, 6) is -0.431. The Labute approximate surface area is 171 Å². The van der Waals surface area contributed by atoms with E-state index >= 15 is 0 Å². The van der Waals surface area contributed by atoms with Crippen LogP contribution in [0.15, 0.2) is 48.7 Å². The van der Waals surface area contributed by atoms with Crippen molar-refractivity contribution in [1.82, 2.24) is 14.5 Å². The Bertz CT molecular complexity index is 1060. The van der Waals surface area contributed by atoms with Gasteiger partial charge in [0.25, 0.3) is 0 Å². The first-order valence-corrected chi connectivity index (χ1v) is 12.9. The van der Waals surface area contributed by atoms with E-state index in [1.54, 1.807) is 0 Å². The monoisotopic (exact) mass is 489 g/mol. The van der Waals surface area contributed by atoms with Crippen LogP contribution in [0.4, 0.5) is 0 Å². The minimum absolute atomic E-state index is 0.0160. The van der Waals surface area contributed by atoms with Crippen LogP contribution in [0.25, 0.3) is 10.9 Å². The zero-order valence-electron chi connectivity index (χ0n) is 14.6. The summed E-state index contributed by atoms with van der Waals surface area (Å²) in [6, 6.07) is 13.9. The van der Waals surface area contributed by atoms with Gasteiger partial charge in [-0.15, -0.1) is 0 Å². The maximum atomic E-state index is 12.9. The predicted octanol–water partition coefficient (Wildman–Crippen LogP) is 4.03. The molecule has 0 bridgehead atoms. The molecule has 0 radical (unpaired) electrons. The second kappa shape index (κ2) is 6.38. The summed E-state index contributed by atoms with van der Waals surface area (Å²) in [5.41, 5.74) is 4.32. The standard InChI is InChI=1S/C20H17IN3O2P/c1-11-7-13-9-22-24(27-21)15(13)8-14(11)16-17-18(16)20(26)23(19(17)25)10-12-5-3-2-4-6-12/h2-9,16-18,27H,10H2,1H3. The molecule has 2 amide bonds. The number of amides is 2. The van der Waals surface area contributed by atoms with Crippen LogP contribution in [0.1, 0.15) is 22.6 Å². The van der Waals surface area contributed by atoms with Crippen molar-refractivity contribution >= 4 is 51.1 Å². The van der Waals surface area contributed by atoms with Crippen LogP contribution in [-0.4, -0.2) is 26.3 Å². The summed E-state index contributed by atoms with van der Waals surface area (Å²) in [4.78, 5) is 27.2. The van der Waals surface area contributed by atoms with Gasteiger partial charge in [-0.25, -0.2) is 4.45 Å². The van der Waals surface area contributed by atoms with Gasteiger partial charge >= 0.3 is 0 Å². The van der Waals surface area contributed by atoms with Crippen molar-refractivity contribution in [2.45, 2.75) is 19.4 Å². The quantitative estimate of drug-likeness (QED) is 0.316. The largest absolute Gasteiger partial charge is 0.278 e. The lowest BCUT2D eigenvalue weighted by Gasteiger charge is -2.19. The van der Waals surface area contributed by atoms with Crippen molar-refractivity contribution < 1.29 is 9.59 Å². The molecule has 1 saturated carbocycles. The number of fused-ring (bicyclic) bond motifs is 2. The number of halogens is 1. The van der Waals surface area contributed by atoms with Crippen molar-refractivity contribution in [3.8, 4) is 0 Å². The van der Waals surface area contributed by atoms with Gasteiger partial charge in [-0.05, 0) is 57.8 Å². The van der Waals surface area contributed by atoms with E-state index in [-0.39, 0.29) is 29.6 Å². The molecule has 3 atom stereocenters. The number of nitrogens with zero attached hydrogens (tertiary/aromatic N) is 3. The van der Waals surface area contributed by atoms with E-state index in [4.69, 9.17) is 0 Å². The number of hydrogen-bond donors (Lipinski definition) is 0. The molecular weight excluding hydrogens is 472 g/mol. The van der Waals surface area contributed by atoms with Crippen LogP contribution in [0.2, 0.25) is 0 Å². The highest BCUT2D eigenvalue weighted by Gasteiger charge is 2.67. The summed E-state index contributed by atoms with van der Waals surface area (Å²) in [7, 11) is 0. The second-order valence-corrected chi connectivity index (χ2v) is 9.27. The van der Waals surface area contributed by atoms with Crippen molar-refractivity contribution in [2.75, 3.05) is 0 Å². The molecule has 5 rings (SSSR count). The summed E-state index contributed by atoms with van der Waals surface area (Å²) >= 11 is 2.31. The molecule has 5 nitrogen and oxygen atoms in total. The van der Waals surface area contributed by atoms with Gasteiger partial charge in [0, 0.05) is 11.3 Å². The first-order valence-electron chi connectivity index (χ1n) is 8.84. The number of carbonyl (C=O) groups is 2. The third kappa shape index (κ3) is 2.64. The van der Waals surface area contributed by atoms with E-state index in [1.807, 2.05) is 41.0 Å². The molecule has 1 aromatic heterocycles. The van der Waals surface area contributed by atoms with Crippen LogP contribution in [0.5, 0.6) is 0 Å². The highest BCUT2D eigenvalue weighted by molar-refractivity contribution is 14.2. The first kappa shape index (κ1) is 17.3. The Morgan fingerprint density at radius 2 is 1.78 bits per heavy atom. The van der Waals surface area contributed by atoms with E-state index in [0.717, 1.165) is 27.6 Å². The molecular formula is C20H17IN3O2P. The Balaban J connectivity index is 1.44. The van der Waals surface area contributed by atoms with Crippen LogP contribution >= 0.6 is 28.4 Å². The smallest absolute Gasteiger partial charge is 0.234 e. The van der Waals surface area contributed by atoms with Crippen LogP contribution in [0.3, 0.4) is 0 Å². The van der Waals surface area contributed by atoms with E-state index in [1.165, 1.54) is 4.90 Å². The Morgan fingerprint density at radius 1 is 1.07 bits per heavy atom. The highest BCUT2D eigenvalue weighted by Crippen LogP contribution is 2.60. The molecule has 3 unspecified atom stereocenters. The topological polar surface area (TPSA) is 55.2 Å². The molecule has 2 aliphatic rings. The zero-order valence-corrected chi connectivity index (χ0v) is 17.8. The fourth-order valence-electron chi connectivity index (χ4n) is 4.33. The Kier molecular flexibility index (Phi) is 4.09. The molecule has 2 aromatic carbocycles. The lowest BCUT2D eigenvalue weighted by atomic mass is 9.99. The molecule has 2 fully saturated rings. The number of carbonyl (C=O) groups excluding carboxylic acids is 2. The van der Waals surface area contributed by atoms with Crippen LogP contribution in [0, 0.1) is 18.8 Å². The number of aromatic nitrogens is 2. The second-order valence-electron chi connectivity index (χ2n) is 7.23. The van der Waals surface area contributed by atoms with Crippen LogP contribution < -0.4 is 0 Å². The van der Waals surface area contributed by atoms with E-state index in [2.05, 4.69) is 46.2 Å². The molecule has 136 valence electrons. The molecule has 2 heterocycles. The first-order chi connectivity index (χ1) is 13.1. The number of aryl methyl sites for hydroxylation is 1. The van der Waals surface area contributed by atoms with Gasteiger partial charge in [0.05, 0.1) is 36.5 Å². The van der Waals surface area contributed by atoms with Crippen molar-refractivity contribution in [1.29, 1.82) is 0 Å². The molecule has 3 aromatic rings. The third-order valence-electron chi connectivity index (χ3n) is 5.70. The number of imide groups is 1. The predicted molar refractivity (Wildman–Crippen MR) is 114 cm³/mol. The average Bonchev–Trinajstić information content (AvgIpc) is 3.21. The normalized spacial score (nSPS) is 24.4. The van der Waals surface area contributed by atoms with Crippen molar-refractivity contribution in [3.05, 3.63) is 65.4 Å². The fraction of sp³-hybridized carbons (Fsp3) is 0.250. The number of rotatable bonds is 4. The lowest BCUT2D eigenvalue weighted by molar-refractivity contribution is -0.142. The molecule has 27 heavy (non-hydrogen) atoms. The van der Waals surface area contributed by atoms with E-state index < -0.39 is 0 Å². The number of likely N-dealkylation sites (tertiary alicyclic amines) is 1. The maximum absolute atomic E-state index is 12.9. The number of hydrogen-bond acceptors (Lipinski definition) is 3. The third-order valence-corrected chi connectivity index (χ3v) is 7.59. The Morgan fingerprint density at radius 3 is 2.44 bits per heavy atom. The highest BCUT2D eigenvalue weighted by atomic mass is 127. The zero-order chi connectivity index (χ0) is 18.7. The van der Waals surface area contributed by atoms with Gasteiger partial charge in [0.15, 0.2) is 0 Å². The maximum Gasteiger partial charge on any atom is 0.234 e. The Hall–Kier alpha value is -1.79. The molecule has 1 aliphatic heterocycles. The van der Waals surface area contributed by atoms with Crippen molar-refractivity contribution in [2.24, 2.45) is 11.8 Å². The molecule has 1 saturated heterocycles. The average molecular weight is 489 g/mol. The minimum atomic E-state index is -0.198. The molecule has 1 aliphatic carbocycles. The van der Waals surface area contributed by atoms with E-state index in [9.17, 15) is 9.59 Å².